The SMILES string of the molecule is COCCN(CC(=O)N(C)C)c1cnc2cc(Cl)c(Cl)cc2n1. The van der Waals surface area contributed by atoms with Crippen molar-refractivity contribution in [3.8, 4) is 0 Å². The van der Waals surface area contributed by atoms with Crippen molar-refractivity contribution >= 4 is 46.0 Å². The molecule has 6 nitrogen and oxygen atoms in total. The Kier molecular flexibility index (Phi) is 5.98. The third-order valence-electron chi connectivity index (χ3n) is 3.29. The molecule has 1 aromatic carbocycles. The largest absolute Gasteiger partial charge is 0.383 e. The summed E-state index contributed by atoms with van der Waals surface area (Å²) in [5.41, 5.74) is 1.27. The van der Waals surface area contributed by atoms with E-state index in [2.05, 4.69) is 9.97 Å². The second-order valence-electron chi connectivity index (χ2n) is 5.19. The van der Waals surface area contributed by atoms with Crippen LogP contribution in [0.3, 0.4) is 0 Å². The van der Waals surface area contributed by atoms with Crippen molar-refractivity contribution < 1.29 is 9.53 Å². The lowest BCUT2D eigenvalue weighted by molar-refractivity contribution is -0.127. The maximum Gasteiger partial charge on any atom is 0.241 e. The molecule has 1 aromatic heterocycles. The van der Waals surface area contributed by atoms with Crippen molar-refractivity contribution in [3.05, 3.63) is 28.4 Å². The van der Waals surface area contributed by atoms with E-state index in [0.29, 0.717) is 40.0 Å². The minimum atomic E-state index is -0.0304. The molecule has 2 aromatic rings. The van der Waals surface area contributed by atoms with E-state index in [-0.39, 0.29) is 12.5 Å². The van der Waals surface area contributed by atoms with E-state index in [4.69, 9.17) is 27.9 Å². The molecule has 0 aliphatic rings. The molecule has 0 bridgehead atoms. The van der Waals surface area contributed by atoms with Crippen molar-refractivity contribution in [2.75, 3.05) is 45.8 Å². The van der Waals surface area contributed by atoms with Crippen LogP contribution in [0.15, 0.2) is 18.3 Å². The highest BCUT2D eigenvalue weighted by Crippen LogP contribution is 2.27. The first-order valence-corrected chi connectivity index (χ1v) is 7.73. The molecular weight excluding hydrogens is 339 g/mol. The summed E-state index contributed by atoms with van der Waals surface area (Å²) in [6.45, 7) is 1.19. The number of carbonyl (C=O) groups is 1. The summed E-state index contributed by atoms with van der Waals surface area (Å²) in [5.74, 6) is 0.556. The van der Waals surface area contributed by atoms with Crippen LogP contribution in [0.4, 0.5) is 5.82 Å². The predicted molar refractivity (Wildman–Crippen MR) is 92.3 cm³/mol. The van der Waals surface area contributed by atoms with E-state index in [1.807, 2.05) is 4.90 Å². The van der Waals surface area contributed by atoms with E-state index in [0.717, 1.165) is 0 Å². The molecule has 0 aliphatic heterocycles. The number of carbonyl (C=O) groups excluding carboxylic acids is 1. The maximum atomic E-state index is 12.0. The number of rotatable bonds is 6. The number of ether oxygens (including phenoxy) is 1. The van der Waals surface area contributed by atoms with Crippen molar-refractivity contribution in [1.29, 1.82) is 0 Å². The minimum absolute atomic E-state index is 0.0304. The van der Waals surface area contributed by atoms with E-state index in [1.54, 1.807) is 39.5 Å². The zero-order valence-corrected chi connectivity index (χ0v) is 14.7. The first-order valence-electron chi connectivity index (χ1n) is 6.98. The fourth-order valence-corrected chi connectivity index (χ4v) is 2.25. The quantitative estimate of drug-likeness (QED) is 0.795. The summed E-state index contributed by atoms with van der Waals surface area (Å²) in [4.78, 5) is 24.2. The van der Waals surface area contributed by atoms with Crippen molar-refractivity contribution in [1.82, 2.24) is 14.9 Å². The summed E-state index contributed by atoms with van der Waals surface area (Å²) in [6.07, 6.45) is 1.62. The van der Waals surface area contributed by atoms with Gasteiger partial charge in [-0.3, -0.25) is 9.78 Å². The lowest BCUT2D eigenvalue weighted by Crippen LogP contribution is -2.38. The van der Waals surface area contributed by atoms with Gasteiger partial charge in [0.05, 0.1) is 40.4 Å². The minimum Gasteiger partial charge on any atom is -0.383 e. The first kappa shape index (κ1) is 17.7. The maximum absolute atomic E-state index is 12.0. The summed E-state index contributed by atoms with van der Waals surface area (Å²) in [5, 5.41) is 0.846. The van der Waals surface area contributed by atoms with Gasteiger partial charge < -0.3 is 14.5 Å². The summed E-state index contributed by atoms with van der Waals surface area (Å²) in [6, 6.07) is 3.33. The lowest BCUT2D eigenvalue weighted by Gasteiger charge is -2.24. The molecule has 0 N–H and O–H groups in total. The van der Waals surface area contributed by atoms with Gasteiger partial charge in [-0.15, -0.1) is 0 Å². The van der Waals surface area contributed by atoms with Crippen LogP contribution >= 0.6 is 23.2 Å². The number of anilines is 1. The number of methoxy groups -OCH3 is 1. The fraction of sp³-hybridized carbons (Fsp3) is 0.400. The Labute approximate surface area is 145 Å². The molecule has 0 aliphatic carbocycles. The zero-order chi connectivity index (χ0) is 17.0. The molecule has 0 radical (unpaired) electrons. The summed E-state index contributed by atoms with van der Waals surface area (Å²) in [7, 11) is 5.04. The van der Waals surface area contributed by atoms with Gasteiger partial charge in [-0.25, -0.2) is 4.98 Å². The number of amides is 1. The normalized spacial score (nSPS) is 10.8. The summed E-state index contributed by atoms with van der Waals surface area (Å²) < 4.78 is 5.10. The number of benzene rings is 1. The number of halogens is 2. The Morgan fingerprint density at radius 2 is 1.87 bits per heavy atom. The Balaban J connectivity index is 2.35. The third kappa shape index (κ3) is 4.43. The topological polar surface area (TPSA) is 58.6 Å². The van der Waals surface area contributed by atoms with Crippen LogP contribution < -0.4 is 4.90 Å². The molecule has 8 heteroatoms. The molecule has 0 atom stereocenters. The molecule has 0 saturated heterocycles. The second-order valence-corrected chi connectivity index (χ2v) is 6.00. The summed E-state index contributed by atoms with van der Waals surface area (Å²) >= 11 is 12.0. The van der Waals surface area contributed by atoms with E-state index in [9.17, 15) is 4.79 Å². The standard InChI is InChI=1S/C15H18Cl2N4O2/c1-20(2)15(22)9-21(4-5-23-3)14-8-18-12-6-10(16)11(17)7-13(12)19-14/h6-8H,4-5,9H2,1-3H3. The van der Waals surface area contributed by atoms with Gasteiger partial charge in [-0.05, 0) is 12.1 Å². The van der Waals surface area contributed by atoms with Crippen molar-refractivity contribution in [3.63, 3.8) is 0 Å². The monoisotopic (exact) mass is 356 g/mol. The van der Waals surface area contributed by atoms with E-state index < -0.39 is 0 Å². The lowest BCUT2D eigenvalue weighted by atomic mass is 10.3. The van der Waals surface area contributed by atoms with Crippen LogP contribution in [-0.4, -0.2) is 61.7 Å². The smallest absolute Gasteiger partial charge is 0.241 e. The van der Waals surface area contributed by atoms with Gasteiger partial charge >= 0.3 is 0 Å². The van der Waals surface area contributed by atoms with Gasteiger partial charge in [0.2, 0.25) is 5.91 Å². The molecule has 0 unspecified atom stereocenters. The Morgan fingerprint density at radius 3 is 2.48 bits per heavy atom. The van der Waals surface area contributed by atoms with Crippen LogP contribution in [0.25, 0.3) is 11.0 Å². The van der Waals surface area contributed by atoms with Gasteiger partial charge in [-0.2, -0.15) is 0 Å². The van der Waals surface area contributed by atoms with Gasteiger partial charge in [-0.1, -0.05) is 23.2 Å². The molecule has 0 spiro atoms. The van der Waals surface area contributed by atoms with Gasteiger partial charge in [0.15, 0.2) is 0 Å². The molecule has 23 heavy (non-hydrogen) atoms. The zero-order valence-electron chi connectivity index (χ0n) is 13.2. The number of hydrogen-bond acceptors (Lipinski definition) is 5. The number of hydrogen-bond donors (Lipinski definition) is 0. The average molecular weight is 357 g/mol. The first-order chi connectivity index (χ1) is 10.9. The third-order valence-corrected chi connectivity index (χ3v) is 4.01. The van der Waals surface area contributed by atoms with Crippen LogP contribution in [0.5, 0.6) is 0 Å². The van der Waals surface area contributed by atoms with Crippen LogP contribution in [0.1, 0.15) is 0 Å². The highest BCUT2D eigenvalue weighted by molar-refractivity contribution is 6.42. The average Bonchev–Trinajstić information content (AvgIpc) is 2.51. The Morgan fingerprint density at radius 1 is 1.22 bits per heavy atom. The number of fused-ring (bicyclic) bond motifs is 1. The van der Waals surface area contributed by atoms with Crippen molar-refractivity contribution in [2.45, 2.75) is 0 Å². The van der Waals surface area contributed by atoms with Gasteiger partial charge in [0, 0.05) is 27.7 Å². The highest BCUT2D eigenvalue weighted by atomic mass is 35.5. The van der Waals surface area contributed by atoms with Gasteiger partial charge in [0.1, 0.15) is 5.82 Å². The molecule has 0 saturated carbocycles. The van der Waals surface area contributed by atoms with E-state index >= 15 is 0 Å². The molecule has 1 heterocycles. The number of nitrogens with zero attached hydrogens (tertiary/aromatic N) is 4. The van der Waals surface area contributed by atoms with Crippen LogP contribution in [-0.2, 0) is 9.53 Å². The molecule has 0 fully saturated rings. The molecular formula is C15H18Cl2N4O2. The van der Waals surface area contributed by atoms with Crippen LogP contribution in [0.2, 0.25) is 10.0 Å². The van der Waals surface area contributed by atoms with Gasteiger partial charge in [0.25, 0.3) is 0 Å². The van der Waals surface area contributed by atoms with Crippen LogP contribution in [0, 0.1) is 0 Å². The Bertz CT molecular complexity index is 709. The molecule has 2 rings (SSSR count). The second kappa shape index (κ2) is 7.77. The molecule has 1 amide bonds. The predicted octanol–water partition coefficient (Wildman–Crippen LogP) is 2.48. The fourth-order valence-electron chi connectivity index (χ4n) is 1.93. The Hall–Kier alpha value is -1.63. The van der Waals surface area contributed by atoms with E-state index in [1.165, 1.54) is 4.90 Å². The number of likely N-dealkylation sites (N-methyl/N-ethyl adjacent to an activating group) is 1. The molecule has 124 valence electrons. The highest BCUT2D eigenvalue weighted by Gasteiger charge is 2.15. The number of aromatic nitrogens is 2. The van der Waals surface area contributed by atoms with Crippen molar-refractivity contribution in [2.24, 2.45) is 0 Å².